The Kier molecular flexibility index (Phi) is 5.52. The van der Waals surface area contributed by atoms with Crippen molar-refractivity contribution in [2.45, 2.75) is 37.8 Å². The standard InChI is InChI=1S/C23H21ClFNO4/c1-30-18-11-10-13(24)12-16(18)21(27)19-20(15-8-4-5-9-17(15)25)26(23(29)22(19)28)14-6-2-3-7-14/h4-5,8-12,14,20,27H,2-3,6-7H2,1H3/b21-19+. The molecule has 0 spiro atoms. The van der Waals surface area contributed by atoms with Crippen LogP contribution in [0.4, 0.5) is 4.39 Å². The van der Waals surface area contributed by atoms with Gasteiger partial charge in [-0.15, -0.1) is 0 Å². The van der Waals surface area contributed by atoms with Crippen LogP contribution in [-0.4, -0.2) is 34.8 Å². The molecule has 1 atom stereocenters. The summed E-state index contributed by atoms with van der Waals surface area (Å²) in [4.78, 5) is 27.5. The van der Waals surface area contributed by atoms with Gasteiger partial charge in [-0.3, -0.25) is 9.59 Å². The smallest absolute Gasteiger partial charge is 0.295 e. The number of carbonyl (C=O) groups is 2. The number of amides is 1. The fourth-order valence-electron chi connectivity index (χ4n) is 4.42. The van der Waals surface area contributed by atoms with Crippen molar-refractivity contribution in [3.8, 4) is 5.75 Å². The van der Waals surface area contributed by atoms with E-state index in [1.807, 2.05) is 0 Å². The highest BCUT2D eigenvalue weighted by Crippen LogP contribution is 2.45. The van der Waals surface area contributed by atoms with E-state index in [1.54, 1.807) is 24.3 Å². The fourth-order valence-corrected chi connectivity index (χ4v) is 4.59. The van der Waals surface area contributed by atoms with Crippen molar-refractivity contribution < 1.29 is 23.8 Å². The Morgan fingerprint density at radius 2 is 1.87 bits per heavy atom. The SMILES string of the molecule is COc1ccc(Cl)cc1/C(O)=C1\C(=O)C(=O)N(C2CCCC2)C1c1ccccc1F. The summed E-state index contributed by atoms with van der Waals surface area (Å²) in [6.45, 7) is 0. The molecule has 0 aromatic heterocycles. The van der Waals surface area contributed by atoms with Crippen molar-refractivity contribution in [2.75, 3.05) is 7.11 Å². The van der Waals surface area contributed by atoms with Crippen LogP contribution in [0, 0.1) is 5.82 Å². The number of aliphatic hydroxyl groups excluding tert-OH is 1. The maximum Gasteiger partial charge on any atom is 0.295 e. The van der Waals surface area contributed by atoms with Gasteiger partial charge in [0.25, 0.3) is 11.7 Å². The zero-order valence-electron chi connectivity index (χ0n) is 16.4. The van der Waals surface area contributed by atoms with Gasteiger partial charge in [-0.2, -0.15) is 0 Å². The second-order valence-corrected chi connectivity index (χ2v) is 7.95. The Hall–Kier alpha value is -2.86. The Bertz CT molecular complexity index is 1050. The van der Waals surface area contributed by atoms with E-state index in [-0.39, 0.29) is 28.5 Å². The first-order chi connectivity index (χ1) is 14.4. The number of rotatable bonds is 4. The first-order valence-corrected chi connectivity index (χ1v) is 10.2. The summed E-state index contributed by atoms with van der Waals surface area (Å²) >= 11 is 6.09. The number of likely N-dealkylation sites (tertiary alicyclic amines) is 1. The topological polar surface area (TPSA) is 66.8 Å². The molecule has 1 saturated carbocycles. The van der Waals surface area contributed by atoms with Crippen LogP contribution < -0.4 is 4.74 Å². The van der Waals surface area contributed by atoms with Crippen molar-refractivity contribution in [1.82, 2.24) is 4.90 Å². The van der Waals surface area contributed by atoms with Gasteiger partial charge in [-0.05, 0) is 37.1 Å². The van der Waals surface area contributed by atoms with Gasteiger partial charge in [0.1, 0.15) is 17.3 Å². The quantitative estimate of drug-likeness (QED) is 0.428. The second-order valence-electron chi connectivity index (χ2n) is 7.51. The number of ether oxygens (including phenoxy) is 1. The summed E-state index contributed by atoms with van der Waals surface area (Å²) in [5, 5.41) is 11.5. The Morgan fingerprint density at radius 1 is 1.17 bits per heavy atom. The number of aliphatic hydroxyl groups is 1. The molecule has 0 bridgehead atoms. The third-order valence-electron chi connectivity index (χ3n) is 5.81. The van der Waals surface area contributed by atoms with Crippen molar-refractivity contribution in [3.63, 3.8) is 0 Å². The third kappa shape index (κ3) is 3.35. The lowest BCUT2D eigenvalue weighted by Gasteiger charge is -2.31. The molecule has 1 aliphatic carbocycles. The monoisotopic (exact) mass is 429 g/mol. The van der Waals surface area contributed by atoms with Gasteiger partial charge < -0.3 is 14.7 Å². The Balaban J connectivity index is 1.96. The molecule has 1 aliphatic heterocycles. The summed E-state index contributed by atoms with van der Waals surface area (Å²) in [5.41, 5.74) is 0.194. The minimum absolute atomic E-state index is 0.155. The van der Waals surface area contributed by atoms with E-state index in [0.29, 0.717) is 5.02 Å². The number of hydrogen-bond donors (Lipinski definition) is 1. The van der Waals surface area contributed by atoms with E-state index >= 15 is 0 Å². The lowest BCUT2D eigenvalue weighted by atomic mass is 9.94. The van der Waals surface area contributed by atoms with Gasteiger partial charge in [0.2, 0.25) is 0 Å². The predicted molar refractivity (Wildman–Crippen MR) is 111 cm³/mol. The van der Waals surface area contributed by atoms with Crippen LogP contribution in [0.2, 0.25) is 5.02 Å². The summed E-state index contributed by atoms with van der Waals surface area (Å²) in [6.07, 6.45) is 3.33. The van der Waals surface area contributed by atoms with Crippen LogP contribution in [-0.2, 0) is 9.59 Å². The molecule has 4 rings (SSSR count). The van der Waals surface area contributed by atoms with E-state index in [0.717, 1.165) is 25.7 Å². The lowest BCUT2D eigenvalue weighted by molar-refractivity contribution is -0.141. The molecule has 1 saturated heterocycles. The normalized spacial score (nSPS) is 21.4. The van der Waals surface area contributed by atoms with E-state index in [9.17, 15) is 19.1 Å². The molecule has 1 amide bonds. The zero-order chi connectivity index (χ0) is 21.4. The number of nitrogens with zero attached hydrogens (tertiary/aromatic N) is 1. The average Bonchev–Trinajstić information content (AvgIpc) is 3.35. The number of benzene rings is 2. The molecule has 1 heterocycles. The largest absolute Gasteiger partial charge is 0.507 e. The summed E-state index contributed by atoms with van der Waals surface area (Å²) in [7, 11) is 1.42. The molecule has 2 aromatic rings. The lowest BCUT2D eigenvalue weighted by Crippen LogP contribution is -2.38. The minimum atomic E-state index is -1.02. The van der Waals surface area contributed by atoms with Crippen LogP contribution in [0.25, 0.3) is 5.76 Å². The van der Waals surface area contributed by atoms with E-state index in [2.05, 4.69) is 0 Å². The van der Waals surface area contributed by atoms with Gasteiger partial charge in [0, 0.05) is 16.6 Å². The van der Waals surface area contributed by atoms with Crippen LogP contribution in [0.5, 0.6) is 5.75 Å². The van der Waals surface area contributed by atoms with Gasteiger partial charge >= 0.3 is 0 Å². The highest BCUT2D eigenvalue weighted by Gasteiger charge is 2.50. The number of carbonyl (C=O) groups excluding carboxylic acids is 2. The van der Waals surface area contributed by atoms with E-state index in [1.165, 1.54) is 30.2 Å². The van der Waals surface area contributed by atoms with Crippen LogP contribution >= 0.6 is 11.6 Å². The number of ketones is 1. The fraction of sp³-hybridized carbons (Fsp3) is 0.304. The Morgan fingerprint density at radius 3 is 2.53 bits per heavy atom. The molecule has 2 aliphatic rings. The van der Waals surface area contributed by atoms with Crippen molar-refractivity contribution in [2.24, 2.45) is 0 Å². The molecule has 7 heteroatoms. The summed E-state index contributed by atoms with van der Waals surface area (Å²) < 4.78 is 20.1. The summed E-state index contributed by atoms with van der Waals surface area (Å²) in [6, 6.07) is 9.41. The molecule has 1 N–H and O–H groups in total. The Labute approximate surface area is 178 Å². The molecular formula is C23H21ClFNO4. The van der Waals surface area contributed by atoms with Crippen molar-refractivity contribution >= 4 is 29.1 Å². The van der Waals surface area contributed by atoms with Crippen LogP contribution in [0.15, 0.2) is 48.0 Å². The molecule has 30 heavy (non-hydrogen) atoms. The van der Waals surface area contributed by atoms with Crippen molar-refractivity contribution in [1.29, 1.82) is 0 Å². The van der Waals surface area contributed by atoms with Gasteiger partial charge in [0.05, 0.1) is 24.3 Å². The summed E-state index contributed by atoms with van der Waals surface area (Å²) in [5.74, 6) is -2.25. The maximum absolute atomic E-state index is 14.8. The maximum atomic E-state index is 14.8. The molecule has 1 unspecified atom stereocenters. The second kappa shape index (κ2) is 8.11. The van der Waals surface area contributed by atoms with Crippen molar-refractivity contribution in [3.05, 3.63) is 70.0 Å². The van der Waals surface area contributed by atoms with Gasteiger partial charge in [-0.25, -0.2) is 4.39 Å². The molecule has 0 radical (unpaired) electrons. The first-order valence-electron chi connectivity index (χ1n) is 9.82. The van der Waals surface area contributed by atoms with E-state index in [4.69, 9.17) is 16.3 Å². The molecule has 156 valence electrons. The first kappa shape index (κ1) is 20.4. The highest BCUT2D eigenvalue weighted by atomic mass is 35.5. The predicted octanol–water partition coefficient (Wildman–Crippen LogP) is 4.85. The number of halogens is 2. The number of hydrogen-bond acceptors (Lipinski definition) is 4. The van der Waals surface area contributed by atoms with Gasteiger partial charge in [-0.1, -0.05) is 42.6 Å². The average molecular weight is 430 g/mol. The highest BCUT2D eigenvalue weighted by molar-refractivity contribution is 6.46. The minimum Gasteiger partial charge on any atom is -0.507 e. The molecule has 2 fully saturated rings. The molecule has 5 nitrogen and oxygen atoms in total. The third-order valence-corrected chi connectivity index (χ3v) is 6.05. The van der Waals surface area contributed by atoms with Gasteiger partial charge in [0.15, 0.2) is 0 Å². The van der Waals surface area contributed by atoms with Crippen LogP contribution in [0.1, 0.15) is 42.9 Å². The zero-order valence-corrected chi connectivity index (χ0v) is 17.2. The van der Waals surface area contributed by atoms with Crippen LogP contribution in [0.3, 0.4) is 0 Å². The van der Waals surface area contributed by atoms with E-state index < -0.39 is 29.3 Å². The molecule has 2 aromatic carbocycles. The number of Topliss-reactive ketones (excluding diaryl/α,β-unsaturated/α-hetero) is 1. The molecular weight excluding hydrogens is 409 g/mol. The number of methoxy groups -OCH3 is 1.